The van der Waals surface area contributed by atoms with E-state index in [1.54, 1.807) is 12.1 Å². The number of hydrogen-bond acceptors (Lipinski definition) is 6. The van der Waals surface area contributed by atoms with Crippen LogP contribution in [0.3, 0.4) is 0 Å². The van der Waals surface area contributed by atoms with Gasteiger partial charge in [-0.3, -0.25) is 0 Å². The molecule has 0 spiro atoms. The van der Waals surface area contributed by atoms with Crippen LogP contribution in [-0.4, -0.2) is 32.0 Å². The summed E-state index contributed by atoms with van der Waals surface area (Å²) in [6.07, 6.45) is 0. The molecule has 2 N–H and O–H groups in total. The first-order valence-electron chi connectivity index (χ1n) is 7.03. The monoisotopic (exact) mass is 362 g/mol. The molecule has 7 nitrogen and oxygen atoms in total. The number of amidine groups is 1. The van der Waals surface area contributed by atoms with Gasteiger partial charge in [-0.15, -0.1) is 0 Å². The molecule has 0 aliphatic carbocycles. The average molecular weight is 363 g/mol. The molecule has 0 aromatic heterocycles. The minimum atomic E-state index is -0.736. The lowest BCUT2D eigenvalue weighted by Crippen LogP contribution is -2.16. The van der Waals surface area contributed by atoms with E-state index in [4.69, 9.17) is 26.9 Å². The molecule has 2 aromatic carbocycles. The first-order valence-corrected chi connectivity index (χ1v) is 7.41. The average Bonchev–Trinajstić information content (AvgIpc) is 2.65. The zero-order chi connectivity index (χ0) is 18.4. The van der Waals surface area contributed by atoms with Crippen LogP contribution in [0.2, 0.25) is 5.02 Å². The molecule has 0 bridgehead atoms. The first kappa shape index (κ1) is 18.3. The van der Waals surface area contributed by atoms with Crippen LogP contribution in [0.15, 0.2) is 47.6 Å². The van der Waals surface area contributed by atoms with Crippen LogP contribution >= 0.6 is 11.6 Å². The van der Waals surface area contributed by atoms with Crippen molar-refractivity contribution < 1.29 is 23.9 Å². The molecule has 0 amide bonds. The summed E-state index contributed by atoms with van der Waals surface area (Å²) in [5.41, 5.74) is 6.72. The summed E-state index contributed by atoms with van der Waals surface area (Å²) >= 11 is 5.92. The van der Waals surface area contributed by atoms with Crippen LogP contribution in [0, 0.1) is 0 Å². The number of carbonyl (C=O) groups is 2. The predicted molar refractivity (Wildman–Crippen MR) is 91.9 cm³/mol. The number of nitrogens with two attached hydrogens (primary N) is 1. The Morgan fingerprint density at radius 3 is 2.16 bits per heavy atom. The SMILES string of the molecule is COC(=O)c1ccc(C(=O)O/N=C(\N)c2cc(Cl)ccc2OC)cc1. The predicted octanol–water partition coefficient (Wildman–Crippen LogP) is 2.61. The maximum atomic E-state index is 12.0. The fourth-order valence-electron chi connectivity index (χ4n) is 1.93. The summed E-state index contributed by atoms with van der Waals surface area (Å²) in [6.45, 7) is 0. The highest BCUT2D eigenvalue weighted by Gasteiger charge is 2.12. The molecule has 0 saturated carbocycles. The molecular formula is C17H15ClN2O5. The van der Waals surface area contributed by atoms with Gasteiger partial charge in [0, 0.05) is 5.02 Å². The lowest BCUT2D eigenvalue weighted by atomic mass is 10.1. The van der Waals surface area contributed by atoms with Crippen LogP contribution in [0.5, 0.6) is 5.75 Å². The van der Waals surface area contributed by atoms with Gasteiger partial charge in [-0.05, 0) is 42.5 Å². The molecule has 0 unspecified atom stereocenters. The summed E-state index contributed by atoms with van der Waals surface area (Å²) < 4.78 is 9.74. The van der Waals surface area contributed by atoms with Crippen molar-refractivity contribution in [2.24, 2.45) is 10.9 Å². The smallest absolute Gasteiger partial charge is 0.365 e. The Bertz CT molecular complexity index is 818. The molecule has 2 aromatic rings. The van der Waals surface area contributed by atoms with Crippen molar-refractivity contribution in [1.82, 2.24) is 0 Å². The molecule has 0 aliphatic heterocycles. The van der Waals surface area contributed by atoms with E-state index in [9.17, 15) is 9.59 Å². The van der Waals surface area contributed by atoms with Crippen LogP contribution in [0.4, 0.5) is 0 Å². The van der Waals surface area contributed by atoms with Crippen molar-refractivity contribution in [2.75, 3.05) is 14.2 Å². The number of methoxy groups -OCH3 is 2. The van der Waals surface area contributed by atoms with Crippen LogP contribution < -0.4 is 10.5 Å². The Labute approximate surface area is 148 Å². The molecule has 0 aliphatic rings. The maximum Gasteiger partial charge on any atom is 0.365 e. The number of benzene rings is 2. The molecule has 0 atom stereocenters. The van der Waals surface area contributed by atoms with E-state index in [0.29, 0.717) is 21.9 Å². The molecule has 0 saturated heterocycles. The van der Waals surface area contributed by atoms with Gasteiger partial charge < -0.3 is 20.0 Å². The number of halogens is 1. The van der Waals surface area contributed by atoms with Crippen molar-refractivity contribution in [3.63, 3.8) is 0 Å². The lowest BCUT2D eigenvalue weighted by Gasteiger charge is -2.08. The molecule has 25 heavy (non-hydrogen) atoms. The molecule has 0 radical (unpaired) electrons. The van der Waals surface area contributed by atoms with Crippen molar-refractivity contribution in [2.45, 2.75) is 0 Å². The number of hydrogen-bond donors (Lipinski definition) is 1. The van der Waals surface area contributed by atoms with E-state index in [-0.39, 0.29) is 11.4 Å². The van der Waals surface area contributed by atoms with E-state index >= 15 is 0 Å². The van der Waals surface area contributed by atoms with Crippen molar-refractivity contribution in [1.29, 1.82) is 0 Å². The molecule has 0 fully saturated rings. The fourth-order valence-corrected chi connectivity index (χ4v) is 2.11. The highest BCUT2D eigenvalue weighted by molar-refractivity contribution is 6.31. The van der Waals surface area contributed by atoms with Gasteiger partial charge in [-0.1, -0.05) is 16.8 Å². The van der Waals surface area contributed by atoms with E-state index in [0.717, 1.165) is 0 Å². The van der Waals surface area contributed by atoms with Gasteiger partial charge in [0.15, 0.2) is 5.84 Å². The number of oxime groups is 1. The number of esters is 1. The summed E-state index contributed by atoms with van der Waals surface area (Å²) in [6, 6.07) is 10.5. The second kappa shape index (κ2) is 8.16. The second-order valence-corrected chi connectivity index (χ2v) is 5.21. The molecular weight excluding hydrogens is 348 g/mol. The van der Waals surface area contributed by atoms with Gasteiger partial charge in [-0.2, -0.15) is 0 Å². The van der Waals surface area contributed by atoms with Gasteiger partial charge in [0.2, 0.25) is 0 Å². The number of rotatable bonds is 5. The maximum absolute atomic E-state index is 12.0. The molecule has 2 rings (SSSR count). The van der Waals surface area contributed by atoms with Gasteiger partial charge in [0.1, 0.15) is 5.75 Å². The summed E-state index contributed by atoms with van der Waals surface area (Å²) in [7, 11) is 2.74. The quantitative estimate of drug-likeness (QED) is 0.288. The third-order valence-electron chi connectivity index (χ3n) is 3.21. The number of nitrogens with zero attached hydrogens (tertiary/aromatic N) is 1. The third kappa shape index (κ3) is 4.48. The van der Waals surface area contributed by atoms with Crippen LogP contribution in [-0.2, 0) is 9.57 Å². The Hall–Kier alpha value is -3.06. The largest absolute Gasteiger partial charge is 0.496 e. The summed E-state index contributed by atoms with van der Waals surface area (Å²) in [4.78, 5) is 28.2. The zero-order valence-electron chi connectivity index (χ0n) is 13.5. The van der Waals surface area contributed by atoms with Crippen molar-refractivity contribution in [3.8, 4) is 5.75 Å². The van der Waals surface area contributed by atoms with Crippen molar-refractivity contribution >= 4 is 29.4 Å². The number of ether oxygens (including phenoxy) is 2. The van der Waals surface area contributed by atoms with Gasteiger partial charge >= 0.3 is 11.9 Å². The Morgan fingerprint density at radius 2 is 1.60 bits per heavy atom. The zero-order valence-corrected chi connectivity index (χ0v) is 14.2. The topological polar surface area (TPSA) is 100 Å². The van der Waals surface area contributed by atoms with Gasteiger partial charge in [0.25, 0.3) is 0 Å². The highest BCUT2D eigenvalue weighted by Crippen LogP contribution is 2.22. The van der Waals surface area contributed by atoms with Gasteiger partial charge in [-0.25, -0.2) is 9.59 Å². The minimum Gasteiger partial charge on any atom is -0.496 e. The van der Waals surface area contributed by atoms with Crippen LogP contribution in [0.1, 0.15) is 26.3 Å². The van der Waals surface area contributed by atoms with E-state index in [2.05, 4.69) is 9.89 Å². The third-order valence-corrected chi connectivity index (χ3v) is 3.44. The van der Waals surface area contributed by atoms with E-state index < -0.39 is 11.9 Å². The summed E-state index contributed by atoms with van der Waals surface area (Å²) in [5, 5.41) is 4.04. The first-order chi connectivity index (χ1) is 12.0. The molecule has 0 heterocycles. The standard InChI is InChI=1S/C17H15ClN2O5/c1-23-14-8-7-12(18)9-13(14)15(19)20-25-17(22)11-5-3-10(4-6-11)16(21)24-2/h3-9H,1-2H3,(H2,19,20). The lowest BCUT2D eigenvalue weighted by molar-refractivity contribution is 0.0513. The van der Waals surface area contributed by atoms with E-state index in [1.165, 1.54) is 44.6 Å². The fraction of sp³-hybridized carbons (Fsp3) is 0.118. The van der Waals surface area contributed by atoms with Gasteiger partial charge in [0.05, 0.1) is 30.9 Å². The summed E-state index contributed by atoms with van der Waals surface area (Å²) in [5.74, 6) is -0.876. The number of carbonyl (C=O) groups excluding carboxylic acids is 2. The Kier molecular flexibility index (Phi) is 5.97. The second-order valence-electron chi connectivity index (χ2n) is 4.77. The molecule has 130 valence electrons. The highest BCUT2D eigenvalue weighted by atomic mass is 35.5. The van der Waals surface area contributed by atoms with Crippen molar-refractivity contribution in [3.05, 3.63) is 64.2 Å². The minimum absolute atomic E-state index is 0.0705. The molecule has 8 heteroatoms. The normalized spacial score (nSPS) is 10.9. The Balaban J connectivity index is 2.14. The Morgan fingerprint density at radius 1 is 1.00 bits per heavy atom. The van der Waals surface area contributed by atoms with Crippen LogP contribution in [0.25, 0.3) is 0 Å². The van der Waals surface area contributed by atoms with E-state index in [1.807, 2.05) is 0 Å².